The third-order valence-electron chi connectivity index (χ3n) is 4.24. The van der Waals surface area contributed by atoms with Crippen LogP contribution in [0.25, 0.3) is 0 Å². The van der Waals surface area contributed by atoms with Crippen LogP contribution in [0.3, 0.4) is 0 Å². The molecule has 1 aliphatic carbocycles. The van der Waals surface area contributed by atoms with Crippen molar-refractivity contribution in [3.63, 3.8) is 0 Å². The first-order valence-electron chi connectivity index (χ1n) is 7.06. The number of aliphatic carboxylic acids is 1. The lowest BCUT2D eigenvalue weighted by Gasteiger charge is -2.34. The maximum Gasteiger partial charge on any atom is 0.307 e. The van der Waals surface area contributed by atoms with Crippen LogP contribution >= 0.6 is 0 Å². The Labute approximate surface area is 114 Å². The summed E-state index contributed by atoms with van der Waals surface area (Å²) in [6.07, 6.45) is 6.66. The molecule has 0 aliphatic heterocycles. The van der Waals surface area contributed by atoms with E-state index in [0.29, 0.717) is 11.7 Å². The molecule has 3 unspecified atom stereocenters. The van der Waals surface area contributed by atoms with E-state index in [9.17, 15) is 9.90 Å². The summed E-state index contributed by atoms with van der Waals surface area (Å²) in [5, 5.41) is 9.42. The number of anilines is 1. The number of rotatable bonds is 4. The normalized spacial score (nSPS) is 27.1. The van der Waals surface area contributed by atoms with Crippen molar-refractivity contribution in [3.05, 3.63) is 23.9 Å². The van der Waals surface area contributed by atoms with Gasteiger partial charge in [-0.05, 0) is 36.8 Å². The quantitative estimate of drug-likeness (QED) is 0.874. The fraction of sp³-hybridized carbons (Fsp3) is 0.600. The number of aromatic nitrogens is 1. The molecule has 19 heavy (non-hydrogen) atoms. The van der Waals surface area contributed by atoms with E-state index in [1.165, 1.54) is 6.42 Å². The Kier molecular flexibility index (Phi) is 4.40. The molecule has 3 N–H and O–H groups in total. The third kappa shape index (κ3) is 3.06. The minimum absolute atomic E-state index is 0.0106. The van der Waals surface area contributed by atoms with Gasteiger partial charge in [-0.25, -0.2) is 4.98 Å². The summed E-state index contributed by atoms with van der Waals surface area (Å²) in [5.74, 6) is 0.0837. The minimum atomic E-state index is -0.705. The lowest BCUT2D eigenvalue weighted by atomic mass is 9.70. The van der Waals surface area contributed by atoms with Gasteiger partial charge in [-0.3, -0.25) is 4.79 Å². The Morgan fingerprint density at radius 3 is 2.95 bits per heavy atom. The Bertz CT molecular complexity index is 448. The van der Waals surface area contributed by atoms with Crippen LogP contribution in [0.4, 0.5) is 5.82 Å². The predicted molar refractivity (Wildman–Crippen MR) is 74.8 cm³/mol. The molecular weight excluding hydrogens is 240 g/mol. The van der Waals surface area contributed by atoms with Gasteiger partial charge in [-0.2, -0.15) is 0 Å². The average molecular weight is 262 g/mol. The van der Waals surface area contributed by atoms with Gasteiger partial charge in [0.25, 0.3) is 0 Å². The van der Waals surface area contributed by atoms with E-state index in [1.54, 1.807) is 6.20 Å². The van der Waals surface area contributed by atoms with Crippen LogP contribution in [0.2, 0.25) is 0 Å². The lowest BCUT2D eigenvalue weighted by Crippen LogP contribution is -2.30. The van der Waals surface area contributed by atoms with Gasteiger partial charge in [0.15, 0.2) is 0 Å². The number of nitrogens with zero attached hydrogens (tertiary/aromatic N) is 1. The summed E-state index contributed by atoms with van der Waals surface area (Å²) in [4.78, 5) is 15.6. The van der Waals surface area contributed by atoms with Gasteiger partial charge in [0.2, 0.25) is 0 Å². The van der Waals surface area contributed by atoms with Crippen molar-refractivity contribution in [1.29, 1.82) is 0 Å². The zero-order valence-electron chi connectivity index (χ0n) is 11.4. The summed E-state index contributed by atoms with van der Waals surface area (Å²) in [6, 6.07) is 3.77. The first-order valence-corrected chi connectivity index (χ1v) is 7.06. The standard InChI is InChI=1S/C15H22N2O2/c1-2-4-10-6-7-12(15(18)19)13(9-10)11-5-3-8-17-14(11)16/h3,5,8,10,12-13H,2,4,6-7,9H2,1H3,(H2,16,17)(H,18,19). The van der Waals surface area contributed by atoms with Crippen molar-refractivity contribution in [1.82, 2.24) is 4.98 Å². The maximum atomic E-state index is 11.5. The van der Waals surface area contributed by atoms with Gasteiger partial charge in [0.1, 0.15) is 5.82 Å². The smallest absolute Gasteiger partial charge is 0.307 e. The average Bonchev–Trinajstić information content (AvgIpc) is 2.39. The lowest BCUT2D eigenvalue weighted by molar-refractivity contribution is -0.143. The highest BCUT2D eigenvalue weighted by molar-refractivity contribution is 5.72. The zero-order chi connectivity index (χ0) is 13.8. The van der Waals surface area contributed by atoms with Gasteiger partial charge in [-0.1, -0.05) is 25.8 Å². The van der Waals surface area contributed by atoms with Crippen molar-refractivity contribution in [3.8, 4) is 0 Å². The van der Waals surface area contributed by atoms with Crippen molar-refractivity contribution in [2.45, 2.75) is 44.9 Å². The van der Waals surface area contributed by atoms with Crippen LogP contribution in [0.5, 0.6) is 0 Å². The van der Waals surface area contributed by atoms with Gasteiger partial charge in [0, 0.05) is 12.1 Å². The molecule has 4 heteroatoms. The molecule has 104 valence electrons. The summed E-state index contributed by atoms with van der Waals surface area (Å²) < 4.78 is 0. The number of hydrogen-bond acceptors (Lipinski definition) is 3. The molecule has 0 aromatic carbocycles. The van der Waals surface area contributed by atoms with E-state index in [2.05, 4.69) is 11.9 Å². The summed E-state index contributed by atoms with van der Waals surface area (Å²) in [7, 11) is 0. The Balaban J connectivity index is 2.25. The molecule has 0 radical (unpaired) electrons. The predicted octanol–water partition coefficient (Wildman–Crippen LogP) is 3.05. The molecule has 1 aliphatic rings. The molecule has 4 nitrogen and oxygen atoms in total. The first-order chi connectivity index (χ1) is 9.13. The number of hydrogen-bond donors (Lipinski definition) is 2. The highest BCUT2D eigenvalue weighted by Gasteiger charge is 2.36. The fourth-order valence-electron chi connectivity index (χ4n) is 3.31. The topological polar surface area (TPSA) is 76.2 Å². The monoisotopic (exact) mass is 262 g/mol. The molecule has 1 heterocycles. The number of nitrogens with two attached hydrogens (primary N) is 1. The van der Waals surface area contributed by atoms with E-state index in [-0.39, 0.29) is 11.8 Å². The number of pyridine rings is 1. The van der Waals surface area contributed by atoms with E-state index >= 15 is 0 Å². The SMILES string of the molecule is CCCC1CCC(C(=O)O)C(c2cccnc2N)C1. The van der Waals surface area contributed by atoms with Crippen molar-refractivity contribution in [2.24, 2.45) is 11.8 Å². The molecule has 2 rings (SSSR count). The summed E-state index contributed by atoms with van der Waals surface area (Å²) in [6.45, 7) is 2.18. The fourth-order valence-corrected chi connectivity index (χ4v) is 3.31. The molecule has 0 spiro atoms. The zero-order valence-corrected chi connectivity index (χ0v) is 11.4. The summed E-state index contributed by atoms with van der Waals surface area (Å²) in [5.41, 5.74) is 6.84. The number of nitrogen functional groups attached to an aromatic ring is 1. The molecule has 1 aromatic heterocycles. The largest absolute Gasteiger partial charge is 0.481 e. The summed E-state index contributed by atoms with van der Waals surface area (Å²) >= 11 is 0. The number of carbonyl (C=O) groups is 1. The van der Waals surface area contributed by atoms with Crippen LogP contribution in [0.15, 0.2) is 18.3 Å². The van der Waals surface area contributed by atoms with Gasteiger partial charge in [-0.15, -0.1) is 0 Å². The van der Waals surface area contributed by atoms with Crippen LogP contribution in [-0.4, -0.2) is 16.1 Å². The van der Waals surface area contributed by atoms with Gasteiger partial charge in [0.05, 0.1) is 5.92 Å². The van der Waals surface area contributed by atoms with E-state index in [0.717, 1.165) is 31.2 Å². The molecule has 1 saturated carbocycles. The molecular formula is C15H22N2O2. The Morgan fingerprint density at radius 2 is 2.32 bits per heavy atom. The molecule has 3 atom stereocenters. The van der Waals surface area contributed by atoms with Gasteiger partial charge < -0.3 is 10.8 Å². The number of carboxylic acids is 1. The maximum absolute atomic E-state index is 11.5. The van der Waals surface area contributed by atoms with Gasteiger partial charge >= 0.3 is 5.97 Å². The Hall–Kier alpha value is -1.58. The Morgan fingerprint density at radius 1 is 1.53 bits per heavy atom. The third-order valence-corrected chi connectivity index (χ3v) is 4.24. The molecule has 0 amide bonds. The molecule has 1 fully saturated rings. The second kappa shape index (κ2) is 6.04. The van der Waals surface area contributed by atoms with Crippen molar-refractivity contribution in [2.75, 3.05) is 5.73 Å². The van der Waals surface area contributed by atoms with Crippen LogP contribution in [0, 0.1) is 11.8 Å². The van der Waals surface area contributed by atoms with Crippen molar-refractivity contribution < 1.29 is 9.90 Å². The second-order valence-electron chi connectivity index (χ2n) is 5.50. The highest BCUT2D eigenvalue weighted by atomic mass is 16.4. The minimum Gasteiger partial charge on any atom is -0.481 e. The highest BCUT2D eigenvalue weighted by Crippen LogP contribution is 2.43. The first kappa shape index (κ1) is 13.8. The van der Waals surface area contributed by atoms with Crippen LogP contribution in [0.1, 0.15) is 50.5 Å². The van der Waals surface area contributed by atoms with Crippen LogP contribution < -0.4 is 5.73 Å². The van der Waals surface area contributed by atoms with Crippen LogP contribution in [-0.2, 0) is 4.79 Å². The molecule has 0 saturated heterocycles. The number of carboxylic acid groups (broad SMARTS) is 1. The van der Waals surface area contributed by atoms with E-state index in [4.69, 9.17) is 5.73 Å². The van der Waals surface area contributed by atoms with E-state index < -0.39 is 5.97 Å². The molecule has 0 bridgehead atoms. The van der Waals surface area contributed by atoms with E-state index in [1.807, 2.05) is 12.1 Å². The molecule has 1 aromatic rings. The van der Waals surface area contributed by atoms with Crippen molar-refractivity contribution >= 4 is 11.8 Å². The second-order valence-corrected chi connectivity index (χ2v) is 5.50.